The van der Waals surface area contributed by atoms with Gasteiger partial charge in [-0.15, -0.1) is 11.3 Å². The number of nitrogens with zero attached hydrogens (tertiary/aromatic N) is 3. The fourth-order valence-corrected chi connectivity index (χ4v) is 5.84. The smallest absolute Gasteiger partial charge is 0.389 e. The highest BCUT2D eigenvalue weighted by Crippen LogP contribution is 2.45. The molecule has 0 aromatic carbocycles. The van der Waals surface area contributed by atoms with Crippen LogP contribution >= 0.6 is 11.3 Å². The Morgan fingerprint density at radius 1 is 1.27 bits per heavy atom. The quantitative estimate of drug-likeness (QED) is 0.270. The summed E-state index contributed by atoms with van der Waals surface area (Å²) in [6.07, 6.45) is -8.20. The Kier molecular flexibility index (Phi) is 9.51. The number of aromatic nitrogens is 2. The van der Waals surface area contributed by atoms with E-state index in [9.17, 15) is 41.0 Å². The number of hydrogen-bond donors (Lipinski definition) is 3. The van der Waals surface area contributed by atoms with E-state index in [2.05, 4.69) is 14.9 Å². The number of pyridine rings is 1. The van der Waals surface area contributed by atoms with Crippen LogP contribution in [0.4, 0.5) is 32.2 Å². The number of anilines is 1. The van der Waals surface area contributed by atoms with Crippen molar-refractivity contribution in [3.63, 3.8) is 0 Å². The molecule has 2 aromatic rings. The molecule has 3 heterocycles. The maximum Gasteiger partial charge on any atom is 0.417 e. The summed E-state index contributed by atoms with van der Waals surface area (Å²) in [5, 5.41) is 13.9. The predicted octanol–water partition coefficient (Wildman–Crippen LogP) is 5.20. The lowest BCUT2D eigenvalue weighted by Gasteiger charge is -2.40. The molecule has 2 amide bonds. The summed E-state index contributed by atoms with van der Waals surface area (Å²) >= 11 is 0.649. The zero-order chi connectivity index (χ0) is 30.0. The lowest BCUT2D eigenvalue weighted by Crippen LogP contribution is -2.47. The number of nitrogens with one attached hydrogen (secondary N) is 2. The normalized spacial score (nSPS) is 19.8. The molecule has 40 heavy (non-hydrogen) atoms. The first-order chi connectivity index (χ1) is 18.4. The first-order valence-corrected chi connectivity index (χ1v) is 13.4. The second kappa shape index (κ2) is 12.0. The third-order valence-corrected chi connectivity index (χ3v) is 7.71. The fraction of sp³-hybridized carbons (Fsp3) is 0.600. The highest BCUT2D eigenvalue weighted by molar-refractivity contribution is 7.17. The topological polar surface area (TPSA) is 107 Å². The third-order valence-electron chi connectivity index (χ3n) is 6.61. The molecule has 0 spiro atoms. The summed E-state index contributed by atoms with van der Waals surface area (Å²) < 4.78 is 82.5. The minimum atomic E-state index is -4.97. The molecule has 1 unspecified atom stereocenters. The molecule has 0 radical (unpaired) electrons. The molecule has 3 rings (SSSR count). The number of β-amino-alcohol motifs (C(OH)–C–C–N with tert-alkyl or cyclic N) is 1. The average molecular weight is 596 g/mol. The Morgan fingerprint density at radius 2 is 1.95 bits per heavy atom. The average Bonchev–Trinajstić information content (AvgIpc) is 3.27. The van der Waals surface area contributed by atoms with E-state index in [1.165, 1.54) is 6.92 Å². The molecule has 1 aliphatic rings. The van der Waals surface area contributed by atoms with Gasteiger partial charge in [-0.3, -0.25) is 19.8 Å². The standard InChI is InChI=1S/C25H31F6N5O3S/c1-5-17(25(29,30)31)34-18-9-16(24(26,27)28)15(10-32-18)20-19(35-22(40-20)21(38)33-12-37)14-6-7-36(13(2)8-14)11-23(3,4)39/h9-10,12-14,17,39H,5-8,11H2,1-4H3,(H,32,34)(H,33,37,38)/t13-,14?,17-/m0/s1. The number of hydrogen-bond acceptors (Lipinski definition) is 8. The van der Waals surface area contributed by atoms with Crippen LogP contribution in [0.15, 0.2) is 12.3 Å². The van der Waals surface area contributed by atoms with Gasteiger partial charge in [-0.25, -0.2) is 9.97 Å². The number of thiazole rings is 1. The van der Waals surface area contributed by atoms with Crippen LogP contribution in [0.3, 0.4) is 0 Å². The van der Waals surface area contributed by atoms with Crippen molar-refractivity contribution >= 4 is 29.5 Å². The van der Waals surface area contributed by atoms with Crippen LogP contribution in [-0.2, 0) is 11.0 Å². The molecule has 0 saturated carbocycles. The van der Waals surface area contributed by atoms with Gasteiger partial charge < -0.3 is 10.4 Å². The number of carbonyl (C=O) groups is 2. The molecule has 0 bridgehead atoms. The SMILES string of the molecule is CC[C@H](Nc1cc(C(F)(F)F)c(-c2sc(C(=O)NC=O)nc2C2CCN(CC(C)(C)O)[C@@H](C)C2)cn1)C(F)(F)F. The van der Waals surface area contributed by atoms with Crippen molar-refractivity contribution in [2.45, 2.75) is 82.9 Å². The third kappa shape index (κ3) is 7.69. The van der Waals surface area contributed by atoms with Crippen LogP contribution in [-0.4, -0.2) is 69.2 Å². The van der Waals surface area contributed by atoms with Crippen LogP contribution in [0.1, 0.15) is 73.9 Å². The van der Waals surface area contributed by atoms with Crippen molar-refractivity contribution in [3.8, 4) is 10.4 Å². The second-order valence-electron chi connectivity index (χ2n) is 10.4. The Labute approximate surface area is 231 Å². The number of imide groups is 1. The Bertz CT molecular complexity index is 1210. The van der Waals surface area contributed by atoms with E-state index in [1.54, 1.807) is 13.8 Å². The minimum Gasteiger partial charge on any atom is -0.389 e. The summed E-state index contributed by atoms with van der Waals surface area (Å²) in [6, 6.07) is -1.65. The van der Waals surface area contributed by atoms with Crippen LogP contribution in [0, 0.1) is 0 Å². The van der Waals surface area contributed by atoms with E-state index in [1.807, 2.05) is 17.6 Å². The van der Waals surface area contributed by atoms with Crippen LogP contribution < -0.4 is 10.6 Å². The van der Waals surface area contributed by atoms with Crippen LogP contribution in [0.2, 0.25) is 0 Å². The summed E-state index contributed by atoms with van der Waals surface area (Å²) in [7, 11) is 0. The number of amides is 2. The largest absolute Gasteiger partial charge is 0.417 e. The van der Waals surface area contributed by atoms with Gasteiger partial charge in [0.1, 0.15) is 11.9 Å². The molecule has 1 aliphatic heterocycles. The van der Waals surface area contributed by atoms with Crippen molar-refractivity contribution in [1.82, 2.24) is 20.2 Å². The molecule has 8 nitrogen and oxygen atoms in total. The number of carbonyl (C=O) groups excluding carboxylic acids is 2. The fourth-order valence-electron chi connectivity index (χ4n) is 4.76. The molecular weight excluding hydrogens is 564 g/mol. The zero-order valence-corrected chi connectivity index (χ0v) is 23.1. The van der Waals surface area contributed by atoms with Gasteiger partial charge in [-0.05, 0) is 52.6 Å². The lowest BCUT2D eigenvalue weighted by molar-refractivity contribution is -0.142. The van der Waals surface area contributed by atoms with E-state index in [4.69, 9.17) is 0 Å². The number of alkyl halides is 6. The van der Waals surface area contributed by atoms with Gasteiger partial charge in [0, 0.05) is 30.3 Å². The summed E-state index contributed by atoms with van der Waals surface area (Å²) in [5.74, 6) is -1.86. The Hall–Kier alpha value is -2.78. The molecular formula is C25H31F6N5O3S. The van der Waals surface area contributed by atoms with E-state index >= 15 is 0 Å². The number of likely N-dealkylation sites (tertiary alicyclic amines) is 1. The van der Waals surface area contributed by atoms with E-state index in [-0.39, 0.29) is 33.9 Å². The van der Waals surface area contributed by atoms with E-state index < -0.39 is 53.3 Å². The van der Waals surface area contributed by atoms with Gasteiger partial charge in [-0.1, -0.05) is 6.92 Å². The molecule has 3 atom stereocenters. The summed E-state index contributed by atoms with van der Waals surface area (Å²) in [5.41, 5.74) is -2.41. The molecule has 1 saturated heterocycles. The van der Waals surface area contributed by atoms with Gasteiger partial charge in [0.25, 0.3) is 5.91 Å². The molecule has 1 fully saturated rings. The van der Waals surface area contributed by atoms with Crippen molar-refractivity contribution in [1.29, 1.82) is 0 Å². The van der Waals surface area contributed by atoms with E-state index in [0.717, 1.165) is 6.20 Å². The Morgan fingerprint density at radius 3 is 2.48 bits per heavy atom. The monoisotopic (exact) mass is 595 g/mol. The molecule has 222 valence electrons. The van der Waals surface area contributed by atoms with Gasteiger partial charge in [0.05, 0.1) is 21.7 Å². The maximum absolute atomic E-state index is 14.2. The number of aliphatic hydroxyl groups is 1. The Balaban J connectivity index is 2.08. The van der Waals surface area contributed by atoms with Crippen molar-refractivity contribution < 1.29 is 41.0 Å². The number of halogens is 6. The van der Waals surface area contributed by atoms with Crippen molar-refractivity contribution in [2.75, 3.05) is 18.4 Å². The molecule has 15 heteroatoms. The summed E-state index contributed by atoms with van der Waals surface area (Å²) in [4.78, 5) is 33.4. The number of piperidine rings is 1. The van der Waals surface area contributed by atoms with Gasteiger partial charge in [-0.2, -0.15) is 26.3 Å². The maximum atomic E-state index is 14.2. The molecule has 2 aromatic heterocycles. The van der Waals surface area contributed by atoms with Gasteiger partial charge >= 0.3 is 12.4 Å². The predicted molar refractivity (Wildman–Crippen MR) is 137 cm³/mol. The molecule has 3 N–H and O–H groups in total. The van der Waals surface area contributed by atoms with Crippen LogP contribution in [0.25, 0.3) is 10.4 Å². The first-order valence-electron chi connectivity index (χ1n) is 12.6. The van der Waals surface area contributed by atoms with E-state index in [0.29, 0.717) is 43.3 Å². The van der Waals surface area contributed by atoms with Crippen molar-refractivity contribution in [2.24, 2.45) is 0 Å². The second-order valence-corrected chi connectivity index (χ2v) is 11.4. The zero-order valence-electron chi connectivity index (χ0n) is 22.3. The number of rotatable bonds is 9. The molecule has 0 aliphatic carbocycles. The highest BCUT2D eigenvalue weighted by Gasteiger charge is 2.41. The lowest BCUT2D eigenvalue weighted by atomic mass is 9.86. The van der Waals surface area contributed by atoms with Gasteiger partial charge in [0.15, 0.2) is 5.01 Å². The van der Waals surface area contributed by atoms with Crippen LogP contribution in [0.5, 0.6) is 0 Å². The highest BCUT2D eigenvalue weighted by atomic mass is 32.1. The summed E-state index contributed by atoms with van der Waals surface area (Å²) in [6.45, 7) is 7.38. The minimum absolute atomic E-state index is 0.00146. The van der Waals surface area contributed by atoms with Gasteiger partial charge in [0.2, 0.25) is 6.41 Å². The first kappa shape index (κ1) is 31.7. The van der Waals surface area contributed by atoms with Crippen molar-refractivity contribution in [3.05, 3.63) is 28.5 Å².